The second-order valence-electron chi connectivity index (χ2n) is 6.32. The van der Waals surface area contributed by atoms with Crippen LogP contribution in [0, 0.1) is 0 Å². The number of halogens is 3. The zero-order chi connectivity index (χ0) is 19.0. The summed E-state index contributed by atoms with van der Waals surface area (Å²) in [7, 11) is 0. The van der Waals surface area contributed by atoms with E-state index in [-0.39, 0.29) is 0 Å². The lowest BCUT2D eigenvalue weighted by Gasteiger charge is -2.12. The summed E-state index contributed by atoms with van der Waals surface area (Å²) >= 11 is 0. The summed E-state index contributed by atoms with van der Waals surface area (Å²) in [5.41, 5.74) is 7.95. The molecule has 2 aromatic rings. The van der Waals surface area contributed by atoms with Gasteiger partial charge < -0.3 is 11.1 Å². The number of hydrogen-bond donors (Lipinski definition) is 2. The smallest absolute Gasteiger partial charge is 0.399 e. The molecule has 3 nitrogen and oxygen atoms in total. The van der Waals surface area contributed by atoms with Crippen LogP contribution in [0.15, 0.2) is 54.9 Å². The number of benzene rings is 1. The van der Waals surface area contributed by atoms with Crippen molar-refractivity contribution in [3.8, 4) is 0 Å². The van der Waals surface area contributed by atoms with Gasteiger partial charge in [0.2, 0.25) is 0 Å². The molecule has 0 saturated heterocycles. The molecular formula is C20H24F3N3. The first-order chi connectivity index (χ1) is 12.3. The van der Waals surface area contributed by atoms with Gasteiger partial charge in [0.25, 0.3) is 0 Å². The second kappa shape index (κ2) is 9.27. The molecule has 140 valence electrons. The molecule has 0 aliphatic carbocycles. The summed E-state index contributed by atoms with van der Waals surface area (Å²) in [5, 5.41) is 2.93. The predicted octanol–water partition coefficient (Wildman–Crippen LogP) is 5.80. The number of unbranched alkanes of at least 4 members (excludes halogenated alkanes) is 3. The van der Waals surface area contributed by atoms with Crippen molar-refractivity contribution in [2.24, 2.45) is 0 Å². The van der Waals surface area contributed by atoms with Crippen LogP contribution in [-0.4, -0.2) is 4.98 Å². The molecule has 0 radical (unpaired) electrons. The Morgan fingerprint density at radius 2 is 1.85 bits per heavy atom. The lowest BCUT2D eigenvalue weighted by atomic mass is 10.0. The van der Waals surface area contributed by atoms with Gasteiger partial charge in [0.05, 0.1) is 0 Å². The van der Waals surface area contributed by atoms with E-state index in [4.69, 9.17) is 5.73 Å². The van der Waals surface area contributed by atoms with Gasteiger partial charge in [-0.05, 0) is 55.5 Å². The van der Waals surface area contributed by atoms with E-state index >= 15 is 0 Å². The van der Waals surface area contributed by atoms with Gasteiger partial charge in [-0.15, -0.1) is 0 Å². The Bertz CT molecular complexity index is 726. The minimum Gasteiger partial charge on any atom is -0.399 e. The van der Waals surface area contributed by atoms with Crippen LogP contribution < -0.4 is 11.1 Å². The van der Waals surface area contributed by atoms with Crippen LogP contribution in [0.3, 0.4) is 0 Å². The zero-order valence-corrected chi connectivity index (χ0v) is 14.6. The lowest BCUT2D eigenvalue weighted by molar-refractivity contribution is -0.141. The van der Waals surface area contributed by atoms with Crippen molar-refractivity contribution < 1.29 is 13.2 Å². The normalized spacial score (nSPS) is 11.3. The summed E-state index contributed by atoms with van der Waals surface area (Å²) in [5.74, 6) is 0. The van der Waals surface area contributed by atoms with Crippen LogP contribution in [0.25, 0.3) is 0 Å². The number of nitrogens with zero attached hydrogens (tertiary/aromatic N) is 1. The van der Waals surface area contributed by atoms with Crippen LogP contribution in [0.4, 0.5) is 24.5 Å². The van der Waals surface area contributed by atoms with Gasteiger partial charge in [0, 0.05) is 23.3 Å². The fourth-order valence-electron chi connectivity index (χ4n) is 2.70. The maximum atomic E-state index is 12.7. The Morgan fingerprint density at radius 1 is 1.08 bits per heavy atom. The summed E-state index contributed by atoms with van der Waals surface area (Å²) in [4.78, 5) is 3.34. The maximum Gasteiger partial charge on any atom is 0.433 e. The molecule has 0 aliphatic heterocycles. The SMILES string of the molecule is C=C(CCCCCCc1cccc(N)c1)Nc1ccnc(C(F)(F)F)c1. The largest absolute Gasteiger partial charge is 0.433 e. The topological polar surface area (TPSA) is 50.9 Å². The minimum atomic E-state index is -4.44. The molecule has 6 heteroatoms. The quantitative estimate of drug-likeness (QED) is 0.437. The highest BCUT2D eigenvalue weighted by Crippen LogP contribution is 2.29. The molecule has 3 N–H and O–H groups in total. The van der Waals surface area contributed by atoms with Gasteiger partial charge in [-0.1, -0.05) is 31.6 Å². The first-order valence-electron chi connectivity index (χ1n) is 8.67. The molecule has 1 aromatic carbocycles. The van der Waals surface area contributed by atoms with E-state index in [0.717, 1.165) is 56.5 Å². The van der Waals surface area contributed by atoms with Crippen LogP contribution in [0.5, 0.6) is 0 Å². The van der Waals surface area contributed by atoms with Crippen molar-refractivity contribution in [3.05, 3.63) is 66.1 Å². The van der Waals surface area contributed by atoms with Gasteiger partial charge >= 0.3 is 6.18 Å². The van der Waals surface area contributed by atoms with E-state index < -0.39 is 11.9 Å². The molecule has 1 aromatic heterocycles. The van der Waals surface area contributed by atoms with Crippen molar-refractivity contribution in [3.63, 3.8) is 0 Å². The van der Waals surface area contributed by atoms with Crippen LogP contribution >= 0.6 is 0 Å². The highest BCUT2D eigenvalue weighted by Gasteiger charge is 2.32. The van der Waals surface area contributed by atoms with Crippen molar-refractivity contribution >= 4 is 11.4 Å². The molecular weight excluding hydrogens is 339 g/mol. The standard InChI is InChI=1S/C20H24F3N3/c1-15(26-18-11-12-25-19(14-18)20(21,22)23)7-4-2-3-5-8-16-9-6-10-17(24)13-16/h6,9-14H,1-5,7-8,24H2,(H,25,26). The number of allylic oxidation sites excluding steroid dienone is 1. The molecule has 0 fully saturated rings. The number of rotatable bonds is 9. The van der Waals surface area contributed by atoms with Crippen LogP contribution in [0.1, 0.15) is 43.4 Å². The average molecular weight is 363 g/mol. The zero-order valence-electron chi connectivity index (χ0n) is 14.6. The highest BCUT2D eigenvalue weighted by atomic mass is 19.4. The van der Waals surface area contributed by atoms with E-state index in [2.05, 4.69) is 22.9 Å². The first kappa shape index (κ1) is 19.8. The van der Waals surface area contributed by atoms with Gasteiger partial charge in [0.1, 0.15) is 5.69 Å². The Kier molecular flexibility index (Phi) is 7.06. The third kappa shape index (κ3) is 6.78. The fraction of sp³-hybridized carbons (Fsp3) is 0.350. The van der Waals surface area contributed by atoms with Crippen LogP contribution in [-0.2, 0) is 12.6 Å². The third-order valence-corrected chi connectivity index (χ3v) is 4.02. The average Bonchev–Trinajstić information content (AvgIpc) is 2.57. The van der Waals surface area contributed by atoms with E-state index in [9.17, 15) is 13.2 Å². The van der Waals surface area contributed by atoms with Gasteiger partial charge in [-0.25, -0.2) is 0 Å². The highest BCUT2D eigenvalue weighted by molar-refractivity contribution is 5.48. The number of anilines is 2. The summed E-state index contributed by atoms with van der Waals surface area (Å²) < 4.78 is 38.0. The van der Waals surface area contributed by atoms with E-state index in [1.807, 2.05) is 18.2 Å². The Labute approximate surface area is 152 Å². The van der Waals surface area contributed by atoms with E-state index in [0.29, 0.717) is 11.4 Å². The molecule has 0 bridgehead atoms. The summed E-state index contributed by atoms with van der Waals surface area (Å²) in [6.07, 6.45) is 2.60. The first-order valence-corrected chi connectivity index (χ1v) is 8.67. The second-order valence-corrected chi connectivity index (χ2v) is 6.32. The molecule has 1 heterocycles. The molecule has 0 aliphatic rings. The lowest BCUT2D eigenvalue weighted by Crippen LogP contribution is -2.08. The monoisotopic (exact) mass is 363 g/mol. The Morgan fingerprint density at radius 3 is 2.58 bits per heavy atom. The molecule has 0 spiro atoms. The third-order valence-electron chi connectivity index (χ3n) is 4.02. The molecule has 0 saturated carbocycles. The van der Waals surface area contributed by atoms with Crippen LogP contribution in [0.2, 0.25) is 0 Å². The molecule has 26 heavy (non-hydrogen) atoms. The summed E-state index contributed by atoms with van der Waals surface area (Å²) in [6, 6.07) is 10.4. The number of hydrogen-bond acceptors (Lipinski definition) is 3. The number of aromatic nitrogens is 1. The Balaban J connectivity index is 1.65. The summed E-state index contributed by atoms with van der Waals surface area (Å²) in [6.45, 7) is 3.89. The van der Waals surface area contributed by atoms with Crippen molar-refractivity contribution in [2.45, 2.75) is 44.7 Å². The number of nitrogen functional groups attached to an aromatic ring is 1. The number of alkyl halides is 3. The fourth-order valence-corrected chi connectivity index (χ4v) is 2.70. The van der Waals surface area contributed by atoms with E-state index in [1.54, 1.807) is 0 Å². The molecule has 0 unspecified atom stereocenters. The van der Waals surface area contributed by atoms with Crippen molar-refractivity contribution in [2.75, 3.05) is 11.1 Å². The van der Waals surface area contributed by atoms with Gasteiger partial charge in [0.15, 0.2) is 0 Å². The number of nitrogens with two attached hydrogens (primary N) is 1. The minimum absolute atomic E-state index is 0.360. The Hall–Kier alpha value is -2.50. The van der Waals surface area contributed by atoms with Gasteiger partial charge in [-0.3, -0.25) is 4.98 Å². The van der Waals surface area contributed by atoms with Crippen molar-refractivity contribution in [1.82, 2.24) is 4.98 Å². The number of pyridine rings is 1. The maximum absolute atomic E-state index is 12.7. The predicted molar refractivity (Wildman–Crippen MR) is 99.6 cm³/mol. The molecule has 0 atom stereocenters. The number of aryl methyl sites for hydroxylation is 1. The van der Waals surface area contributed by atoms with E-state index in [1.165, 1.54) is 11.6 Å². The molecule has 2 rings (SSSR count). The molecule has 0 amide bonds. The van der Waals surface area contributed by atoms with Gasteiger partial charge in [-0.2, -0.15) is 13.2 Å². The number of nitrogens with one attached hydrogen (secondary N) is 1. The van der Waals surface area contributed by atoms with Crippen molar-refractivity contribution in [1.29, 1.82) is 0 Å².